The average molecular weight is 303 g/mol. The van der Waals surface area contributed by atoms with Crippen molar-refractivity contribution in [3.63, 3.8) is 0 Å². The molecule has 0 amide bonds. The van der Waals surface area contributed by atoms with Crippen LogP contribution in [-0.2, 0) is 0 Å². The van der Waals surface area contributed by atoms with Crippen LogP contribution in [0.2, 0.25) is 0 Å². The molecule has 0 saturated carbocycles. The van der Waals surface area contributed by atoms with Gasteiger partial charge in [-0.15, -0.1) is 11.3 Å². The molecule has 4 heteroatoms. The lowest BCUT2D eigenvalue weighted by atomic mass is 9.94. The molecule has 16 heavy (non-hydrogen) atoms. The van der Waals surface area contributed by atoms with Gasteiger partial charge in [0.2, 0.25) is 0 Å². The Morgan fingerprint density at radius 1 is 1.50 bits per heavy atom. The fourth-order valence-electron chi connectivity index (χ4n) is 2.49. The molecule has 1 aromatic heterocycles. The van der Waals surface area contributed by atoms with Crippen LogP contribution in [-0.4, -0.2) is 23.5 Å². The minimum absolute atomic E-state index is 0.279. The summed E-state index contributed by atoms with van der Waals surface area (Å²) in [5.74, 6) is 0. The first kappa shape index (κ1) is 12.6. The lowest BCUT2D eigenvalue weighted by Crippen LogP contribution is -2.48. The average Bonchev–Trinajstić information content (AvgIpc) is 2.64. The van der Waals surface area contributed by atoms with Gasteiger partial charge in [0.1, 0.15) is 0 Å². The Kier molecular flexibility index (Phi) is 4.06. The van der Waals surface area contributed by atoms with E-state index >= 15 is 0 Å². The van der Waals surface area contributed by atoms with Gasteiger partial charge in [0, 0.05) is 17.0 Å². The summed E-state index contributed by atoms with van der Waals surface area (Å²) in [5.41, 5.74) is 6.30. The van der Waals surface area contributed by atoms with Crippen molar-refractivity contribution in [3.05, 3.63) is 20.8 Å². The summed E-state index contributed by atoms with van der Waals surface area (Å²) in [5, 5.41) is 0. The first-order valence-corrected chi connectivity index (χ1v) is 7.47. The Balaban J connectivity index is 2.26. The maximum absolute atomic E-state index is 6.30. The fraction of sp³-hybridized carbons (Fsp3) is 0.667. The monoisotopic (exact) mass is 302 g/mol. The maximum atomic E-state index is 6.30. The number of nitrogens with zero attached hydrogens (tertiary/aromatic N) is 1. The van der Waals surface area contributed by atoms with Gasteiger partial charge in [-0.25, -0.2) is 0 Å². The van der Waals surface area contributed by atoms with Gasteiger partial charge in [0.05, 0.1) is 9.83 Å². The largest absolute Gasteiger partial charge is 0.326 e. The molecule has 2 atom stereocenters. The summed E-state index contributed by atoms with van der Waals surface area (Å²) < 4.78 is 1.20. The smallest absolute Gasteiger partial charge is 0.0702 e. The van der Waals surface area contributed by atoms with E-state index in [1.165, 1.54) is 21.6 Å². The Labute approximate surface area is 110 Å². The first-order chi connectivity index (χ1) is 7.59. The summed E-state index contributed by atoms with van der Waals surface area (Å²) in [7, 11) is 0. The SMILES string of the molecule is CC(C)N1CCCC(N)C1c1ccc(Br)s1. The van der Waals surface area contributed by atoms with Crippen molar-refractivity contribution in [3.8, 4) is 0 Å². The van der Waals surface area contributed by atoms with Crippen LogP contribution < -0.4 is 5.73 Å². The second kappa shape index (κ2) is 5.17. The van der Waals surface area contributed by atoms with Crippen LogP contribution in [0, 0.1) is 0 Å². The van der Waals surface area contributed by atoms with E-state index in [1.807, 2.05) is 11.3 Å². The molecule has 1 saturated heterocycles. The number of thiophene rings is 1. The van der Waals surface area contributed by atoms with Crippen LogP contribution in [0.1, 0.15) is 37.6 Å². The third kappa shape index (κ3) is 2.50. The molecule has 1 aliphatic heterocycles. The Morgan fingerprint density at radius 2 is 2.25 bits per heavy atom. The van der Waals surface area contributed by atoms with Crippen LogP contribution >= 0.6 is 27.3 Å². The van der Waals surface area contributed by atoms with Crippen LogP contribution in [0.15, 0.2) is 15.9 Å². The molecule has 2 N–H and O–H groups in total. The van der Waals surface area contributed by atoms with Crippen LogP contribution in [0.25, 0.3) is 0 Å². The first-order valence-electron chi connectivity index (χ1n) is 5.86. The molecule has 2 heterocycles. The van der Waals surface area contributed by atoms with Crippen molar-refractivity contribution < 1.29 is 0 Å². The Bertz CT molecular complexity index is 351. The molecule has 2 unspecified atom stereocenters. The molecule has 2 nitrogen and oxygen atoms in total. The van der Waals surface area contributed by atoms with E-state index in [0.717, 1.165) is 6.42 Å². The number of piperidine rings is 1. The van der Waals surface area contributed by atoms with Gasteiger partial charge in [-0.1, -0.05) is 0 Å². The molecule has 1 aliphatic rings. The van der Waals surface area contributed by atoms with Gasteiger partial charge in [-0.05, 0) is 61.3 Å². The fourth-order valence-corrected chi connectivity index (χ4v) is 4.11. The highest BCUT2D eigenvalue weighted by atomic mass is 79.9. The highest BCUT2D eigenvalue weighted by molar-refractivity contribution is 9.11. The summed E-state index contributed by atoms with van der Waals surface area (Å²) in [4.78, 5) is 3.93. The van der Waals surface area contributed by atoms with Gasteiger partial charge >= 0.3 is 0 Å². The Morgan fingerprint density at radius 3 is 2.81 bits per heavy atom. The predicted molar refractivity (Wildman–Crippen MR) is 73.8 cm³/mol. The molecular weight excluding hydrogens is 284 g/mol. The third-order valence-electron chi connectivity index (χ3n) is 3.27. The van der Waals surface area contributed by atoms with Crippen LogP contribution in [0.3, 0.4) is 0 Å². The second-order valence-electron chi connectivity index (χ2n) is 4.72. The minimum atomic E-state index is 0.279. The maximum Gasteiger partial charge on any atom is 0.0702 e. The molecule has 0 spiro atoms. The Hall–Kier alpha value is 0.1000. The molecule has 1 fully saturated rings. The van der Waals surface area contributed by atoms with Crippen molar-refractivity contribution >= 4 is 27.3 Å². The van der Waals surface area contributed by atoms with Crippen molar-refractivity contribution in [1.29, 1.82) is 0 Å². The molecule has 0 aliphatic carbocycles. The van der Waals surface area contributed by atoms with E-state index in [4.69, 9.17) is 5.73 Å². The zero-order valence-corrected chi connectivity index (χ0v) is 12.2. The molecule has 0 bridgehead atoms. The number of hydrogen-bond acceptors (Lipinski definition) is 3. The molecule has 0 radical (unpaired) electrons. The standard InChI is InChI=1S/C12H19BrN2S/c1-8(2)15-7-3-4-9(14)12(15)10-5-6-11(13)16-10/h5-6,8-9,12H,3-4,7,14H2,1-2H3. The van der Waals surface area contributed by atoms with E-state index in [1.54, 1.807) is 0 Å². The van der Waals surface area contributed by atoms with Gasteiger partial charge in [-0.3, -0.25) is 4.90 Å². The normalized spacial score (nSPS) is 27.6. The van der Waals surface area contributed by atoms with E-state index in [0.29, 0.717) is 12.1 Å². The summed E-state index contributed by atoms with van der Waals surface area (Å²) >= 11 is 5.35. The van der Waals surface area contributed by atoms with E-state index in [2.05, 4.69) is 46.8 Å². The number of rotatable bonds is 2. The molecule has 1 aromatic rings. The van der Waals surface area contributed by atoms with Crippen LogP contribution in [0.5, 0.6) is 0 Å². The number of halogens is 1. The van der Waals surface area contributed by atoms with Gasteiger partial charge in [0.15, 0.2) is 0 Å². The van der Waals surface area contributed by atoms with Crippen molar-refractivity contribution in [1.82, 2.24) is 4.90 Å². The zero-order valence-electron chi connectivity index (χ0n) is 9.82. The molecular formula is C12H19BrN2S. The van der Waals surface area contributed by atoms with Crippen LogP contribution in [0.4, 0.5) is 0 Å². The second-order valence-corrected chi connectivity index (χ2v) is 7.22. The molecule has 0 aromatic carbocycles. The topological polar surface area (TPSA) is 29.3 Å². The zero-order chi connectivity index (χ0) is 11.7. The number of likely N-dealkylation sites (tertiary alicyclic amines) is 1. The van der Waals surface area contributed by atoms with Crippen molar-refractivity contribution in [2.24, 2.45) is 5.73 Å². The van der Waals surface area contributed by atoms with Gasteiger partial charge < -0.3 is 5.73 Å². The molecule has 2 rings (SSSR count). The van der Waals surface area contributed by atoms with E-state index in [-0.39, 0.29) is 6.04 Å². The number of hydrogen-bond donors (Lipinski definition) is 1. The van der Waals surface area contributed by atoms with Crippen molar-refractivity contribution in [2.75, 3.05) is 6.54 Å². The lowest BCUT2D eigenvalue weighted by Gasteiger charge is -2.41. The minimum Gasteiger partial charge on any atom is -0.326 e. The quantitative estimate of drug-likeness (QED) is 0.907. The predicted octanol–water partition coefficient (Wildman–Crippen LogP) is 3.38. The van der Waals surface area contributed by atoms with Crippen molar-refractivity contribution in [2.45, 2.75) is 44.8 Å². The third-order valence-corrected chi connectivity index (χ3v) is 4.96. The van der Waals surface area contributed by atoms with Gasteiger partial charge in [-0.2, -0.15) is 0 Å². The van der Waals surface area contributed by atoms with E-state index in [9.17, 15) is 0 Å². The highest BCUT2D eigenvalue weighted by Crippen LogP contribution is 2.36. The highest BCUT2D eigenvalue weighted by Gasteiger charge is 2.32. The van der Waals surface area contributed by atoms with Gasteiger partial charge in [0.25, 0.3) is 0 Å². The molecule has 90 valence electrons. The van der Waals surface area contributed by atoms with E-state index < -0.39 is 0 Å². The summed E-state index contributed by atoms with van der Waals surface area (Å²) in [6.45, 7) is 5.69. The number of nitrogens with two attached hydrogens (primary N) is 1. The summed E-state index contributed by atoms with van der Waals surface area (Å²) in [6, 6.07) is 5.59. The summed E-state index contributed by atoms with van der Waals surface area (Å²) in [6.07, 6.45) is 2.37. The lowest BCUT2D eigenvalue weighted by molar-refractivity contribution is 0.0970.